The van der Waals surface area contributed by atoms with Gasteiger partial charge in [-0.3, -0.25) is 14.6 Å². The zero-order valence-electron chi connectivity index (χ0n) is 9.39. The van der Waals surface area contributed by atoms with E-state index in [0.717, 1.165) is 4.47 Å². The van der Waals surface area contributed by atoms with E-state index in [4.69, 9.17) is 0 Å². The van der Waals surface area contributed by atoms with Crippen molar-refractivity contribution >= 4 is 27.7 Å². The molecule has 0 spiro atoms. The van der Waals surface area contributed by atoms with E-state index in [-0.39, 0.29) is 18.4 Å². The number of halogens is 1. The number of hydrogen-bond donors (Lipinski definition) is 0. The van der Waals surface area contributed by atoms with Crippen molar-refractivity contribution in [3.8, 4) is 0 Å². The Bertz CT molecular complexity index is 464. The van der Waals surface area contributed by atoms with Gasteiger partial charge < -0.3 is 9.80 Å². The number of hydrogen-bond acceptors (Lipinski definition) is 3. The number of pyridine rings is 1. The maximum atomic E-state index is 12.1. The second-order valence-electron chi connectivity index (χ2n) is 3.93. The predicted octanol–water partition coefficient (Wildman–Crippen LogP) is 0.758. The van der Waals surface area contributed by atoms with Gasteiger partial charge in [-0.2, -0.15) is 0 Å². The van der Waals surface area contributed by atoms with Crippen molar-refractivity contribution in [2.24, 2.45) is 0 Å². The third-order valence-corrected chi connectivity index (χ3v) is 3.13. The fourth-order valence-corrected chi connectivity index (χ4v) is 2.01. The van der Waals surface area contributed by atoms with E-state index in [9.17, 15) is 9.59 Å². The van der Waals surface area contributed by atoms with Crippen LogP contribution >= 0.6 is 15.9 Å². The van der Waals surface area contributed by atoms with E-state index in [1.807, 2.05) is 0 Å². The van der Waals surface area contributed by atoms with E-state index < -0.39 is 0 Å². The highest BCUT2D eigenvalue weighted by atomic mass is 79.9. The Labute approximate surface area is 108 Å². The lowest BCUT2D eigenvalue weighted by Gasteiger charge is -2.31. The first-order chi connectivity index (χ1) is 8.08. The lowest BCUT2D eigenvalue weighted by Crippen LogP contribution is -2.50. The van der Waals surface area contributed by atoms with Crippen LogP contribution in [0.15, 0.2) is 22.9 Å². The average Bonchev–Trinajstić information content (AvgIpc) is 2.32. The maximum Gasteiger partial charge on any atom is 0.255 e. The molecule has 0 radical (unpaired) electrons. The molecule has 6 heteroatoms. The van der Waals surface area contributed by atoms with E-state index in [1.54, 1.807) is 29.1 Å². The predicted molar refractivity (Wildman–Crippen MR) is 65.5 cm³/mol. The SMILES string of the molecule is CN1CCN(C(=O)c2cncc(Br)c2)CC1=O. The molecule has 0 saturated carbocycles. The monoisotopic (exact) mass is 297 g/mol. The molecule has 17 heavy (non-hydrogen) atoms. The maximum absolute atomic E-state index is 12.1. The summed E-state index contributed by atoms with van der Waals surface area (Å²) in [5.74, 6) is -0.187. The number of carbonyl (C=O) groups excluding carboxylic acids is 2. The minimum absolute atomic E-state index is 0.0347. The molecule has 2 rings (SSSR count). The number of carbonyl (C=O) groups is 2. The molecule has 0 aliphatic carbocycles. The lowest BCUT2D eigenvalue weighted by atomic mass is 10.2. The number of nitrogens with zero attached hydrogens (tertiary/aromatic N) is 3. The minimum atomic E-state index is -0.153. The van der Waals surface area contributed by atoms with Crippen molar-refractivity contribution in [1.82, 2.24) is 14.8 Å². The van der Waals surface area contributed by atoms with Crippen molar-refractivity contribution in [1.29, 1.82) is 0 Å². The summed E-state index contributed by atoms with van der Waals surface area (Å²) in [6, 6.07) is 1.71. The Balaban J connectivity index is 2.13. The van der Waals surface area contributed by atoms with Gasteiger partial charge >= 0.3 is 0 Å². The molecule has 90 valence electrons. The summed E-state index contributed by atoms with van der Waals surface area (Å²) in [7, 11) is 1.74. The van der Waals surface area contributed by atoms with Crippen molar-refractivity contribution < 1.29 is 9.59 Å². The van der Waals surface area contributed by atoms with Gasteiger partial charge in [-0.15, -0.1) is 0 Å². The summed E-state index contributed by atoms with van der Waals surface area (Å²) in [4.78, 5) is 30.7. The van der Waals surface area contributed by atoms with E-state index in [2.05, 4.69) is 20.9 Å². The molecule has 2 amide bonds. The summed E-state index contributed by atoms with van der Waals surface area (Å²) in [5, 5.41) is 0. The quantitative estimate of drug-likeness (QED) is 0.769. The number of piperazine rings is 1. The molecule has 1 fully saturated rings. The Hall–Kier alpha value is -1.43. The average molecular weight is 298 g/mol. The molecule has 1 aliphatic rings. The number of amides is 2. The standard InChI is InChI=1S/C11H12BrN3O2/c1-14-2-3-15(7-10(14)16)11(17)8-4-9(12)6-13-5-8/h4-6H,2-3,7H2,1H3. The third-order valence-electron chi connectivity index (χ3n) is 2.70. The molecule has 1 saturated heterocycles. The van der Waals surface area contributed by atoms with Crippen LogP contribution in [0, 0.1) is 0 Å². The number of rotatable bonds is 1. The van der Waals surface area contributed by atoms with E-state index in [1.165, 1.54) is 6.20 Å². The first-order valence-corrected chi connectivity index (χ1v) is 6.01. The fraction of sp³-hybridized carbons (Fsp3) is 0.364. The fourth-order valence-electron chi connectivity index (χ4n) is 1.64. The lowest BCUT2D eigenvalue weighted by molar-refractivity contribution is -0.133. The Kier molecular flexibility index (Phi) is 3.42. The topological polar surface area (TPSA) is 53.5 Å². The van der Waals surface area contributed by atoms with Gasteiger partial charge in [0, 0.05) is 37.0 Å². The first kappa shape index (κ1) is 12.0. The molecule has 1 aliphatic heterocycles. The van der Waals surface area contributed by atoms with Crippen molar-refractivity contribution in [3.05, 3.63) is 28.5 Å². The molecule has 1 aromatic heterocycles. The van der Waals surface area contributed by atoms with Gasteiger partial charge in [-0.1, -0.05) is 0 Å². The smallest absolute Gasteiger partial charge is 0.255 e. The first-order valence-electron chi connectivity index (χ1n) is 5.21. The van der Waals surface area contributed by atoms with Crippen LogP contribution in [-0.4, -0.2) is 53.3 Å². The van der Waals surface area contributed by atoms with Gasteiger partial charge in [0.1, 0.15) is 6.54 Å². The van der Waals surface area contributed by atoms with E-state index in [0.29, 0.717) is 18.7 Å². The van der Waals surface area contributed by atoms with E-state index >= 15 is 0 Å². The summed E-state index contributed by atoms with van der Waals surface area (Å²) in [6.07, 6.45) is 3.13. The highest BCUT2D eigenvalue weighted by Gasteiger charge is 2.25. The second-order valence-corrected chi connectivity index (χ2v) is 4.85. The molecule has 0 unspecified atom stereocenters. The van der Waals surface area contributed by atoms with Gasteiger partial charge in [0.2, 0.25) is 5.91 Å². The van der Waals surface area contributed by atoms with Crippen LogP contribution in [0.2, 0.25) is 0 Å². The van der Waals surface area contributed by atoms with Gasteiger partial charge in [0.25, 0.3) is 5.91 Å². The molecule has 1 aromatic rings. The van der Waals surface area contributed by atoms with Gasteiger partial charge in [-0.25, -0.2) is 0 Å². The van der Waals surface area contributed by atoms with Crippen LogP contribution in [0.5, 0.6) is 0 Å². The molecular formula is C11H12BrN3O2. The molecular weight excluding hydrogens is 286 g/mol. The van der Waals surface area contributed by atoms with Crippen LogP contribution in [0.3, 0.4) is 0 Å². The second kappa shape index (κ2) is 4.83. The Morgan fingerprint density at radius 3 is 2.82 bits per heavy atom. The highest BCUT2D eigenvalue weighted by Crippen LogP contribution is 2.13. The Morgan fingerprint density at radius 1 is 1.41 bits per heavy atom. The van der Waals surface area contributed by atoms with Gasteiger partial charge in [-0.05, 0) is 22.0 Å². The zero-order valence-corrected chi connectivity index (χ0v) is 11.0. The number of likely N-dealkylation sites (N-methyl/N-ethyl adjacent to an activating group) is 1. The summed E-state index contributed by atoms with van der Waals surface area (Å²) in [6.45, 7) is 1.28. The third kappa shape index (κ3) is 2.63. The van der Waals surface area contributed by atoms with Crippen LogP contribution in [0.4, 0.5) is 0 Å². The molecule has 5 nitrogen and oxygen atoms in total. The molecule has 0 atom stereocenters. The summed E-state index contributed by atoms with van der Waals surface area (Å²) >= 11 is 3.27. The summed E-state index contributed by atoms with van der Waals surface area (Å²) in [5.41, 5.74) is 0.497. The molecule has 0 N–H and O–H groups in total. The van der Waals surface area contributed by atoms with Crippen LogP contribution in [-0.2, 0) is 4.79 Å². The van der Waals surface area contributed by atoms with Crippen LogP contribution in [0.25, 0.3) is 0 Å². The minimum Gasteiger partial charge on any atom is -0.342 e. The van der Waals surface area contributed by atoms with Crippen molar-refractivity contribution in [2.75, 3.05) is 26.7 Å². The Morgan fingerprint density at radius 2 is 2.18 bits per heavy atom. The van der Waals surface area contributed by atoms with Crippen LogP contribution < -0.4 is 0 Å². The van der Waals surface area contributed by atoms with Crippen molar-refractivity contribution in [3.63, 3.8) is 0 Å². The van der Waals surface area contributed by atoms with Gasteiger partial charge in [0.15, 0.2) is 0 Å². The molecule has 2 heterocycles. The normalized spacial score (nSPS) is 16.2. The highest BCUT2D eigenvalue weighted by molar-refractivity contribution is 9.10. The van der Waals surface area contributed by atoms with Gasteiger partial charge in [0.05, 0.1) is 5.56 Å². The number of aromatic nitrogens is 1. The van der Waals surface area contributed by atoms with Crippen molar-refractivity contribution in [2.45, 2.75) is 0 Å². The van der Waals surface area contributed by atoms with Crippen LogP contribution in [0.1, 0.15) is 10.4 Å². The largest absolute Gasteiger partial charge is 0.342 e. The molecule has 0 bridgehead atoms. The summed E-state index contributed by atoms with van der Waals surface area (Å²) < 4.78 is 0.754. The molecule has 0 aromatic carbocycles. The zero-order chi connectivity index (χ0) is 12.4.